The van der Waals surface area contributed by atoms with E-state index in [4.69, 9.17) is 0 Å². The van der Waals surface area contributed by atoms with E-state index in [1.165, 1.54) is 19.3 Å². The van der Waals surface area contributed by atoms with Gasteiger partial charge in [-0.05, 0) is 31.6 Å². The average molecular weight is 276 g/mol. The summed E-state index contributed by atoms with van der Waals surface area (Å²) in [7, 11) is 0. The Morgan fingerprint density at radius 3 is 2.60 bits per heavy atom. The first-order valence-electron chi connectivity index (χ1n) is 7.97. The fraction of sp³-hybridized carbons (Fsp3) is 0.750. The van der Waals surface area contributed by atoms with E-state index in [2.05, 4.69) is 48.3 Å². The summed E-state index contributed by atoms with van der Waals surface area (Å²) in [6.07, 6.45) is 4.92. The van der Waals surface area contributed by atoms with Gasteiger partial charge in [-0.1, -0.05) is 27.7 Å². The van der Waals surface area contributed by atoms with E-state index in [0.717, 1.165) is 36.3 Å². The van der Waals surface area contributed by atoms with Crippen molar-refractivity contribution >= 4 is 11.6 Å². The Morgan fingerprint density at radius 1 is 1.25 bits per heavy atom. The van der Waals surface area contributed by atoms with Crippen molar-refractivity contribution in [3.8, 4) is 0 Å². The molecule has 1 heterocycles. The number of rotatable bonds is 6. The second-order valence-electron chi connectivity index (χ2n) is 6.34. The van der Waals surface area contributed by atoms with E-state index >= 15 is 0 Å². The van der Waals surface area contributed by atoms with Gasteiger partial charge >= 0.3 is 0 Å². The van der Waals surface area contributed by atoms with Crippen LogP contribution in [0.4, 0.5) is 11.6 Å². The zero-order valence-electron chi connectivity index (χ0n) is 13.2. The third-order valence-electron chi connectivity index (χ3n) is 3.86. The van der Waals surface area contributed by atoms with Crippen molar-refractivity contribution in [1.82, 2.24) is 9.97 Å². The molecule has 1 aliphatic rings. The van der Waals surface area contributed by atoms with E-state index in [1.54, 1.807) is 0 Å². The Labute approximate surface area is 122 Å². The standard InChI is InChI=1S/C16H28N4/c1-5-8-17-14-10-15(20-16(19-14)11(2)3)18-13-7-6-12(4)9-13/h10-13H,5-9H2,1-4H3,(H2,17,18,19,20). The van der Waals surface area contributed by atoms with Crippen LogP contribution in [-0.2, 0) is 0 Å². The van der Waals surface area contributed by atoms with Gasteiger partial charge in [-0.15, -0.1) is 0 Å². The van der Waals surface area contributed by atoms with E-state index in [0.29, 0.717) is 12.0 Å². The van der Waals surface area contributed by atoms with Crippen LogP contribution in [0.2, 0.25) is 0 Å². The Balaban J connectivity index is 2.11. The van der Waals surface area contributed by atoms with Gasteiger partial charge in [-0.25, -0.2) is 9.97 Å². The van der Waals surface area contributed by atoms with Gasteiger partial charge in [0.15, 0.2) is 0 Å². The lowest BCUT2D eigenvalue weighted by atomic mass is 10.1. The lowest BCUT2D eigenvalue weighted by Crippen LogP contribution is -2.18. The minimum Gasteiger partial charge on any atom is -0.370 e. The van der Waals surface area contributed by atoms with Crippen molar-refractivity contribution in [2.75, 3.05) is 17.2 Å². The third-order valence-corrected chi connectivity index (χ3v) is 3.86. The van der Waals surface area contributed by atoms with Crippen LogP contribution in [0, 0.1) is 5.92 Å². The highest BCUT2D eigenvalue weighted by atomic mass is 15.1. The Morgan fingerprint density at radius 2 is 2.00 bits per heavy atom. The molecule has 1 saturated carbocycles. The zero-order chi connectivity index (χ0) is 14.5. The molecule has 2 rings (SSSR count). The normalized spacial score (nSPS) is 22.2. The van der Waals surface area contributed by atoms with Gasteiger partial charge in [0.05, 0.1) is 0 Å². The second-order valence-corrected chi connectivity index (χ2v) is 6.34. The van der Waals surface area contributed by atoms with Gasteiger partial charge < -0.3 is 10.6 Å². The molecule has 0 amide bonds. The number of hydrogen-bond donors (Lipinski definition) is 2. The highest BCUT2D eigenvalue weighted by Gasteiger charge is 2.21. The summed E-state index contributed by atoms with van der Waals surface area (Å²) in [6.45, 7) is 9.72. The molecule has 20 heavy (non-hydrogen) atoms. The van der Waals surface area contributed by atoms with E-state index in [9.17, 15) is 0 Å². The molecule has 2 unspecified atom stereocenters. The van der Waals surface area contributed by atoms with E-state index < -0.39 is 0 Å². The number of hydrogen-bond acceptors (Lipinski definition) is 4. The minimum absolute atomic E-state index is 0.349. The first kappa shape index (κ1) is 15.1. The fourth-order valence-corrected chi connectivity index (χ4v) is 2.69. The zero-order valence-corrected chi connectivity index (χ0v) is 13.2. The highest BCUT2D eigenvalue weighted by Crippen LogP contribution is 2.28. The minimum atomic E-state index is 0.349. The van der Waals surface area contributed by atoms with Crippen LogP contribution in [0.3, 0.4) is 0 Å². The summed E-state index contributed by atoms with van der Waals surface area (Å²) >= 11 is 0. The van der Waals surface area contributed by atoms with Gasteiger partial charge in [-0.3, -0.25) is 0 Å². The lowest BCUT2D eigenvalue weighted by molar-refractivity contribution is 0.602. The predicted molar refractivity (Wildman–Crippen MR) is 85.3 cm³/mol. The molecule has 1 fully saturated rings. The van der Waals surface area contributed by atoms with Crippen LogP contribution < -0.4 is 10.6 Å². The molecular formula is C16H28N4. The van der Waals surface area contributed by atoms with E-state index in [-0.39, 0.29) is 0 Å². The maximum absolute atomic E-state index is 4.67. The van der Waals surface area contributed by atoms with E-state index in [1.807, 2.05) is 6.07 Å². The topological polar surface area (TPSA) is 49.8 Å². The molecule has 0 saturated heterocycles. The van der Waals surface area contributed by atoms with Crippen molar-refractivity contribution in [1.29, 1.82) is 0 Å². The fourth-order valence-electron chi connectivity index (χ4n) is 2.69. The summed E-state index contributed by atoms with van der Waals surface area (Å²) < 4.78 is 0. The molecule has 0 bridgehead atoms. The molecular weight excluding hydrogens is 248 g/mol. The van der Waals surface area contributed by atoms with Gasteiger partial charge in [0, 0.05) is 24.6 Å². The van der Waals surface area contributed by atoms with Crippen molar-refractivity contribution in [3.63, 3.8) is 0 Å². The molecule has 112 valence electrons. The molecule has 1 aromatic rings. The molecule has 4 nitrogen and oxygen atoms in total. The van der Waals surface area contributed by atoms with Crippen molar-refractivity contribution in [2.24, 2.45) is 5.92 Å². The first-order valence-corrected chi connectivity index (χ1v) is 7.97. The maximum atomic E-state index is 4.67. The summed E-state index contributed by atoms with van der Waals surface area (Å²) in [6, 6.07) is 2.61. The number of nitrogens with one attached hydrogen (secondary N) is 2. The molecule has 0 aromatic carbocycles. The number of aromatic nitrogens is 2. The quantitative estimate of drug-likeness (QED) is 0.824. The lowest BCUT2D eigenvalue weighted by Gasteiger charge is -2.16. The SMILES string of the molecule is CCCNc1cc(NC2CCC(C)C2)nc(C(C)C)n1. The van der Waals surface area contributed by atoms with Gasteiger partial charge in [0.1, 0.15) is 17.5 Å². The van der Waals surface area contributed by atoms with Crippen LogP contribution in [0.25, 0.3) is 0 Å². The highest BCUT2D eigenvalue weighted by molar-refractivity contribution is 5.48. The number of nitrogens with zero attached hydrogens (tertiary/aromatic N) is 2. The Bertz CT molecular complexity index is 430. The van der Waals surface area contributed by atoms with Crippen LogP contribution in [0.15, 0.2) is 6.07 Å². The molecule has 1 aliphatic carbocycles. The largest absolute Gasteiger partial charge is 0.370 e. The Kier molecular flexibility index (Phi) is 5.21. The molecule has 0 aliphatic heterocycles. The summed E-state index contributed by atoms with van der Waals surface area (Å²) in [5.41, 5.74) is 0. The summed E-state index contributed by atoms with van der Waals surface area (Å²) in [5, 5.41) is 6.96. The van der Waals surface area contributed by atoms with Crippen LogP contribution in [-0.4, -0.2) is 22.6 Å². The molecule has 2 atom stereocenters. The first-order chi connectivity index (χ1) is 9.58. The van der Waals surface area contributed by atoms with Crippen LogP contribution in [0.5, 0.6) is 0 Å². The summed E-state index contributed by atoms with van der Waals surface area (Å²) in [4.78, 5) is 9.27. The predicted octanol–water partition coefficient (Wildman–Crippen LogP) is 4.02. The maximum Gasteiger partial charge on any atom is 0.135 e. The molecule has 0 spiro atoms. The molecule has 0 radical (unpaired) electrons. The van der Waals surface area contributed by atoms with Crippen LogP contribution in [0.1, 0.15) is 65.1 Å². The average Bonchev–Trinajstić information content (AvgIpc) is 2.81. The molecule has 2 N–H and O–H groups in total. The molecule has 1 aromatic heterocycles. The van der Waals surface area contributed by atoms with Crippen LogP contribution >= 0.6 is 0 Å². The van der Waals surface area contributed by atoms with Crippen molar-refractivity contribution < 1.29 is 0 Å². The van der Waals surface area contributed by atoms with Crippen molar-refractivity contribution in [3.05, 3.63) is 11.9 Å². The van der Waals surface area contributed by atoms with Gasteiger partial charge in [-0.2, -0.15) is 0 Å². The third kappa shape index (κ3) is 4.09. The smallest absolute Gasteiger partial charge is 0.135 e. The Hall–Kier alpha value is -1.32. The second kappa shape index (κ2) is 6.91. The van der Waals surface area contributed by atoms with Gasteiger partial charge in [0.2, 0.25) is 0 Å². The van der Waals surface area contributed by atoms with Gasteiger partial charge in [0.25, 0.3) is 0 Å². The summed E-state index contributed by atoms with van der Waals surface area (Å²) in [5.74, 6) is 4.01. The monoisotopic (exact) mass is 276 g/mol. The van der Waals surface area contributed by atoms with Crippen molar-refractivity contribution in [2.45, 2.75) is 65.3 Å². The number of anilines is 2. The molecule has 4 heteroatoms.